The van der Waals surface area contributed by atoms with Gasteiger partial charge in [0, 0.05) is 11.8 Å². The molecular formula is C7H3F5N. The van der Waals surface area contributed by atoms with Crippen LogP contribution >= 0.6 is 0 Å². The van der Waals surface area contributed by atoms with E-state index in [2.05, 4.69) is 11.2 Å². The Balaban J connectivity index is 3.08. The van der Waals surface area contributed by atoms with Crippen LogP contribution in [0.15, 0.2) is 18.3 Å². The fraction of sp³-hybridized carbons (Fsp3) is 0.286. The molecule has 0 aromatic carbocycles. The topological polar surface area (TPSA) is 12.9 Å². The first-order valence-electron chi connectivity index (χ1n) is 3.13. The van der Waals surface area contributed by atoms with Gasteiger partial charge in [-0.1, -0.05) is 0 Å². The first kappa shape index (κ1) is 9.88. The van der Waals surface area contributed by atoms with Crippen molar-refractivity contribution in [3.05, 3.63) is 30.1 Å². The highest BCUT2D eigenvalue weighted by Gasteiger charge is 2.58. The van der Waals surface area contributed by atoms with E-state index in [1.807, 2.05) is 0 Å². The Hall–Kier alpha value is -1.20. The number of halogens is 5. The molecule has 1 nitrogen and oxygen atoms in total. The third-order valence-electron chi connectivity index (χ3n) is 1.33. The van der Waals surface area contributed by atoms with Gasteiger partial charge in [-0.05, 0) is 12.1 Å². The SMILES string of the molecule is FC(F)(F)C(F)(F)c1cc[c]nc1. The summed E-state index contributed by atoms with van der Waals surface area (Å²) in [6.45, 7) is 0. The summed E-state index contributed by atoms with van der Waals surface area (Å²) in [6.07, 6.45) is -3.04. The molecule has 0 unspecified atom stereocenters. The normalized spacial score (nSPS) is 13.0. The molecule has 1 rings (SSSR count). The van der Waals surface area contributed by atoms with Crippen molar-refractivity contribution >= 4 is 0 Å². The zero-order chi connectivity index (χ0) is 10.1. The second-order valence-electron chi connectivity index (χ2n) is 2.25. The van der Waals surface area contributed by atoms with Gasteiger partial charge in [-0.15, -0.1) is 0 Å². The lowest BCUT2D eigenvalue weighted by Gasteiger charge is -2.18. The van der Waals surface area contributed by atoms with Crippen LogP contribution in [0.1, 0.15) is 5.56 Å². The number of aromatic nitrogens is 1. The van der Waals surface area contributed by atoms with Crippen molar-refractivity contribution in [1.29, 1.82) is 0 Å². The summed E-state index contributed by atoms with van der Waals surface area (Å²) in [5.41, 5.74) is -1.18. The van der Waals surface area contributed by atoms with Gasteiger partial charge in [-0.2, -0.15) is 22.0 Å². The Labute approximate surface area is 70.2 Å². The summed E-state index contributed by atoms with van der Waals surface area (Å²) in [4.78, 5) is 3.06. The van der Waals surface area contributed by atoms with Crippen LogP contribution < -0.4 is 0 Å². The second kappa shape index (κ2) is 2.93. The average Bonchev–Trinajstić information content (AvgIpc) is 2.04. The molecule has 0 fully saturated rings. The summed E-state index contributed by atoms with van der Waals surface area (Å²) in [5.74, 6) is -4.85. The van der Waals surface area contributed by atoms with E-state index in [9.17, 15) is 22.0 Å². The van der Waals surface area contributed by atoms with Crippen LogP contribution in [0.25, 0.3) is 0 Å². The molecule has 0 saturated heterocycles. The van der Waals surface area contributed by atoms with Crippen LogP contribution in [0.5, 0.6) is 0 Å². The Morgan fingerprint density at radius 2 is 1.77 bits per heavy atom. The maximum Gasteiger partial charge on any atom is 0.458 e. The van der Waals surface area contributed by atoms with Crippen molar-refractivity contribution in [2.75, 3.05) is 0 Å². The van der Waals surface area contributed by atoms with Crippen molar-refractivity contribution in [2.45, 2.75) is 12.1 Å². The molecule has 0 aliphatic heterocycles. The number of alkyl halides is 5. The number of nitrogens with zero attached hydrogens (tertiary/aromatic N) is 1. The highest BCUT2D eigenvalue weighted by molar-refractivity contribution is 5.16. The van der Waals surface area contributed by atoms with Gasteiger partial charge < -0.3 is 0 Å². The molecule has 0 amide bonds. The van der Waals surface area contributed by atoms with Crippen LogP contribution in [0.2, 0.25) is 0 Å². The Morgan fingerprint density at radius 1 is 1.15 bits per heavy atom. The molecular weight excluding hydrogens is 193 g/mol. The molecule has 1 heterocycles. The summed E-state index contributed by atoms with van der Waals surface area (Å²) in [6, 6.07) is 1.52. The molecule has 0 bridgehead atoms. The lowest BCUT2D eigenvalue weighted by molar-refractivity contribution is -0.289. The molecule has 1 aromatic heterocycles. The van der Waals surface area contributed by atoms with Gasteiger partial charge in [0.05, 0.1) is 6.20 Å². The fourth-order valence-electron chi connectivity index (χ4n) is 0.669. The minimum Gasteiger partial charge on any atom is -0.254 e. The standard InChI is InChI=1S/C7H3F5N/c8-6(9,7(10,11)12)5-2-1-3-13-4-5/h1-2,4H. The number of pyridine rings is 1. The Kier molecular flexibility index (Phi) is 2.23. The number of hydrogen-bond acceptors (Lipinski definition) is 1. The van der Waals surface area contributed by atoms with Crippen molar-refractivity contribution in [2.24, 2.45) is 0 Å². The van der Waals surface area contributed by atoms with Crippen LogP contribution in [0.4, 0.5) is 22.0 Å². The molecule has 71 valence electrons. The van der Waals surface area contributed by atoms with E-state index >= 15 is 0 Å². The maximum atomic E-state index is 12.5. The fourth-order valence-corrected chi connectivity index (χ4v) is 0.669. The van der Waals surface area contributed by atoms with Crippen LogP contribution in [0, 0.1) is 6.20 Å². The minimum atomic E-state index is -5.59. The van der Waals surface area contributed by atoms with E-state index in [1.165, 1.54) is 0 Å². The molecule has 0 aliphatic rings. The van der Waals surface area contributed by atoms with Gasteiger partial charge in [0.2, 0.25) is 0 Å². The van der Waals surface area contributed by atoms with Gasteiger partial charge in [0.1, 0.15) is 0 Å². The van der Waals surface area contributed by atoms with Crippen molar-refractivity contribution in [1.82, 2.24) is 4.98 Å². The summed E-state index contributed by atoms with van der Waals surface area (Å²) >= 11 is 0. The monoisotopic (exact) mass is 196 g/mol. The molecule has 1 radical (unpaired) electrons. The van der Waals surface area contributed by atoms with Gasteiger partial charge in [-0.3, -0.25) is 4.98 Å². The smallest absolute Gasteiger partial charge is 0.254 e. The number of hydrogen-bond donors (Lipinski definition) is 0. The molecule has 0 aliphatic carbocycles. The lowest BCUT2D eigenvalue weighted by Crippen LogP contribution is -2.33. The Bertz CT molecular complexity index is 279. The first-order chi connectivity index (χ1) is 5.86. The van der Waals surface area contributed by atoms with Gasteiger partial charge >= 0.3 is 12.1 Å². The summed E-state index contributed by atoms with van der Waals surface area (Å²) in [7, 11) is 0. The van der Waals surface area contributed by atoms with Gasteiger partial charge in [-0.25, -0.2) is 0 Å². The van der Waals surface area contributed by atoms with E-state index in [-0.39, 0.29) is 0 Å². The third-order valence-corrected chi connectivity index (χ3v) is 1.33. The third kappa shape index (κ3) is 1.76. The van der Waals surface area contributed by atoms with Crippen molar-refractivity contribution < 1.29 is 22.0 Å². The minimum absolute atomic E-state index is 0.438. The molecule has 13 heavy (non-hydrogen) atoms. The molecule has 0 atom stereocenters. The molecule has 0 saturated carbocycles. The van der Waals surface area contributed by atoms with E-state index in [4.69, 9.17) is 0 Å². The van der Waals surface area contributed by atoms with Crippen LogP contribution in [-0.4, -0.2) is 11.2 Å². The lowest BCUT2D eigenvalue weighted by atomic mass is 10.1. The van der Waals surface area contributed by atoms with E-state index < -0.39 is 17.7 Å². The van der Waals surface area contributed by atoms with E-state index in [0.29, 0.717) is 12.3 Å². The van der Waals surface area contributed by atoms with E-state index in [0.717, 1.165) is 6.07 Å². The molecule has 0 N–H and O–H groups in total. The highest BCUT2D eigenvalue weighted by Crippen LogP contribution is 2.43. The van der Waals surface area contributed by atoms with Gasteiger partial charge in [0.15, 0.2) is 0 Å². The Morgan fingerprint density at radius 3 is 2.15 bits per heavy atom. The number of rotatable bonds is 1. The van der Waals surface area contributed by atoms with Crippen molar-refractivity contribution in [3.8, 4) is 0 Å². The molecule has 0 spiro atoms. The largest absolute Gasteiger partial charge is 0.458 e. The van der Waals surface area contributed by atoms with E-state index in [1.54, 1.807) is 0 Å². The second-order valence-corrected chi connectivity index (χ2v) is 2.25. The first-order valence-corrected chi connectivity index (χ1v) is 3.13. The van der Waals surface area contributed by atoms with Crippen molar-refractivity contribution in [3.63, 3.8) is 0 Å². The molecule has 1 aromatic rings. The highest BCUT2D eigenvalue weighted by atomic mass is 19.4. The summed E-state index contributed by atoms with van der Waals surface area (Å²) < 4.78 is 60.2. The zero-order valence-corrected chi connectivity index (χ0v) is 6.07. The van der Waals surface area contributed by atoms with Crippen LogP contribution in [-0.2, 0) is 5.92 Å². The average molecular weight is 196 g/mol. The predicted octanol–water partition coefficient (Wildman–Crippen LogP) is 2.54. The zero-order valence-electron chi connectivity index (χ0n) is 6.07. The summed E-state index contributed by atoms with van der Waals surface area (Å²) in [5, 5.41) is 0. The van der Waals surface area contributed by atoms with Gasteiger partial charge in [0.25, 0.3) is 0 Å². The maximum absolute atomic E-state index is 12.5. The predicted molar refractivity (Wildman–Crippen MR) is 33.0 cm³/mol. The molecule has 6 heteroatoms. The van der Waals surface area contributed by atoms with Crippen LogP contribution in [0.3, 0.4) is 0 Å². The quantitative estimate of drug-likeness (QED) is 0.629.